The Morgan fingerprint density at radius 2 is 2.10 bits per heavy atom. The molecule has 7 nitrogen and oxygen atoms in total. The van der Waals surface area contributed by atoms with Gasteiger partial charge in [0.25, 0.3) is 5.89 Å². The fourth-order valence-electron chi connectivity index (χ4n) is 1.91. The van der Waals surface area contributed by atoms with Crippen molar-refractivity contribution in [2.24, 2.45) is 0 Å². The average molecular weight is 264 g/mol. The maximum absolute atomic E-state index is 5.29. The van der Waals surface area contributed by atoms with Crippen molar-refractivity contribution in [1.29, 1.82) is 0 Å². The summed E-state index contributed by atoms with van der Waals surface area (Å²) in [6.45, 7) is 0. The van der Waals surface area contributed by atoms with Gasteiger partial charge in [-0.2, -0.15) is 4.98 Å². The largest absolute Gasteiger partial charge is 0.334 e. The first kappa shape index (κ1) is 10.8. The van der Waals surface area contributed by atoms with Crippen LogP contribution in [0.15, 0.2) is 53.7 Å². The van der Waals surface area contributed by atoms with E-state index in [1.54, 1.807) is 23.1 Å². The first-order valence-electron chi connectivity index (χ1n) is 5.94. The topological polar surface area (TPSA) is 82.0 Å². The fourth-order valence-corrected chi connectivity index (χ4v) is 1.91. The summed E-state index contributed by atoms with van der Waals surface area (Å²) in [6.07, 6.45) is 6.86. The van der Waals surface area contributed by atoms with E-state index in [4.69, 9.17) is 4.52 Å². The van der Waals surface area contributed by atoms with Crippen LogP contribution in [0, 0.1) is 0 Å². The lowest BCUT2D eigenvalue weighted by Crippen LogP contribution is -1.86. The van der Waals surface area contributed by atoms with Crippen LogP contribution in [-0.2, 0) is 0 Å². The predicted molar refractivity (Wildman–Crippen MR) is 69.5 cm³/mol. The van der Waals surface area contributed by atoms with E-state index in [1.165, 1.54) is 0 Å². The molecule has 0 unspecified atom stereocenters. The van der Waals surface area contributed by atoms with E-state index in [0.29, 0.717) is 11.7 Å². The lowest BCUT2D eigenvalue weighted by Gasteiger charge is -1.95. The molecule has 0 radical (unpaired) electrons. The molecule has 0 aliphatic carbocycles. The Hall–Kier alpha value is -3.09. The van der Waals surface area contributed by atoms with Gasteiger partial charge < -0.3 is 4.52 Å². The number of pyridine rings is 2. The third-order valence-corrected chi connectivity index (χ3v) is 2.88. The third-order valence-electron chi connectivity index (χ3n) is 2.88. The molecule has 0 bridgehead atoms. The molecule has 0 spiro atoms. The summed E-state index contributed by atoms with van der Waals surface area (Å²) in [7, 11) is 0. The Kier molecular flexibility index (Phi) is 2.28. The van der Waals surface area contributed by atoms with Crippen LogP contribution in [0.25, 0.3) is 28.5 Å². The highest BCUT2D eigenvalue weighted by Gasteiger charge is 2.11. The zero-order chi connectivity index (χ0) is 13.4. The Labute approximate surface area is 112 Å². The molecule has 0 amide bonds. The van der Waals surface area contributed by atoms with Crippen LogP contribution in [0.5, 0.6) is 0 Å². The molecule has 4 aromatic heterocycles. The SMILES string of the molecule is c1cncc(-c2noc(-c3ccc4nncn4c3)n2)c1. The fraction of sp³-hybridized carbons (Fsp3) is 0. The Bertz CT molecular complexity index is 867. The second kappa shape index (κ2) is 4.23. The monoisotopic (exact) mass is 264 g/mol. The maximum atomic E-state index is 5.29. The van der Waals surface area contributed by atoms with Gasteiger partial charge in [0.05, 0.1) is 5.56 Å². The van der Waals surface area contributed by atoms with Crippen LogP contribution >= 0.6 is 0 Å². The number of hydrogen-bond donors (Lipinski definition) is 0. The van der Waals surface area contributed by atoms with Gasteiger partial charge in [-0.05, 0) is 24.3 Å². The van der Waals surface area contributed by atoms with Crippen LogP contribution in [0.3, 0.4) is 0 Å². The van der Waals surface area contributed by atoms with Gasteiger partial charge in [-0.25, -0.2) is 0 Å². The number of nitrogens with zero attached hydrogens (tertiary/aromatic N) is 6. The molecule has 7 heteroatoms. The van der Waals surface area contributed by atoms with Gasteiger partial charge >= 0.3 is 0 Å². The quantitative estimate of drug-likeness (QED) is 0.549. The molecule has 0 saturated carbocycles. The van der Waals surface area contributed by atoms with E-state index in [9.17, 15) is 0 Å². The summed E-state index contributed by atoms with van der Waals surface area (Å²) in [5, 5.41) is 11.7. The predicted octanol–water partition coefficient (Wildman–Crippen LogP) is 1.84. The van der Waals surface area contributed by atoms with E-state index < -0.39 is 0 Å². The highest BCUT2D eigenvalue weighted by atomic mass is 16.5. The van der Waals surface area contributed by atoms with Crippen LogP contribution < -0.4 is 0 Å². The molecule has 4 rings (SSSR count). The molecule has 4 aromatic rings. The minimum absolute atomic E-state index is 0.444. The van der Waals surface area contributed by atoms with Gasteiger partial charge in [-0.3, -0.25) is 9.38 Å². The van der Waals surface area contributed by atoms with Crippen molar-refractivity contribution < 1.29 is 4.52 Å². The lowest BCUT2D eigenvalue weighted by atomic mass is 10.2. The molecule has 0 aliphatic rings. The third kappa shape index (κ3) is 1.72. The molecule has 0 aliphatic heterocycles. The van der Waals surface area contributed by atoms with Gasteiger partial charge in [0.1, 0.15) is 6.33 Å². The van der Waals surface area contributed by atoms with Gasteiger partial charge in [-0.1, -0.05) is 5.16 Å². The minimum Gasteiger partial charge on any atom is -0.334 e. The first-order valence-corrected chi connectivity index (χ1v) is 5.94. The molecule has 0 aromatic carbocycles. The number of hydrogen-bond acceptors (Lipinski definition) is 6. The Morgan fingerprint density at radius 1 is 1.10 bits per heavy atom. The normalized spacial score (nSPS) is 11.0. The van der Waals surface area contributed by atoms with E-state index in [0.717, 1.165) is 16.8 Å². The zero-order valence-corrected chi connectivity index (χ0v) is 10.2. The van der Waals surface area contributed by atoms with Crippen molar-refractivity contribution in [3.05, 3.63) is 49.2 Å². The van der Waals surface area contributed by atoms with Gasteiger partial charge in [-0.15, -0.1) is 10.2 Å². The van der Waals surface area contributed by atoms with E-state index in [-0.39, 0.29) is 0 Å². The molecule has 96 valence electrons. The average Bonchev–Trinajstić information content (AvgIpc) is 3.16. The Balaban J connectivity index is 1.77. The summed E-state index contributed by atoms with van der Waals surface area (Å²) in [5.74, 6) is 0.955. The summed E-state index contributed by atoms with van der Waals surface area (Å²) < 4.78 is 7.08. The second-order valence-electron chi connectivity index (χ2n) is 4.18. The molecule has 0 fully saturated rings. The molecule has 0 N–H and O–H groups in total. The Morgan fingerprint density at radius 3 is 3.00 bits per heavy atom. The summed E-state index contributed by atoms with van der Waals surface area (Å²) in [6, 6.07) is 7.42. The van der Waals surface area contributed by atoms with Gasteiger partial charge in [0, 0.05) is 24.2 Å². The highest BCUT2D eigenvalue weighted by Crippen LogP contribution is 2.21. The van der Waals surface area contributed by atoms with Crippen molar-refractivity contribution in [2.75, 3.05) is 0 Å². The number of fused-ring (bicyclic) bond motifs is 1. The van der Waals surface area contributed by atoms with E-state index >= 15 is 0 Å². The van der Waals surface area contributed by atoms with E-state index in [1.807, 2.05) is 30.5 Å². The summed E-state index contributed by atoms with van der Waals surface area (Å²) in [5.41, 5.74) is 2.38. The van der Waals surface area contributed by atoms with Crippen LogP contribution in [0.2, 0.25) is 0 Å². The molecular weight excluding hydrogens is 256 g/mol. The van der Waals surface area contributed by atoms with Crippen molar-refractivity contribution >= 4 is 5.65 Å². The molecular formula is C13H8N6O. The molecule has 0 atom stereocenters. The van der Waals surface area contributed by atoms with Crippen molar-refractivity contribution in [2.45, 2.75) is 0 Å². The highest BCUT2D eigenvalue weighted by molar-refractivity contribution is 5.59. The lowest BCUT2D eigenvalue weighted by molar-refractivity contribution is 0.432. The standard InChI is InChI=1S/C13H8N6O/c1-2-9(6-14-5-1)12-16-13(20-18-12)10-3-4-11-17-15-8-19(11)7-10/h1-8H. The van der Waals surface area contributed by atoms with Crippen LogP contribution in [0.4, 0.5) is 0 Å². The summed E-state index contributed by atoms with van der Waals surface area (Å²) in [4.78, 5) is 8.40. The first-order chi connectivity index (χ1) is 9.90. The molecule has 0 saturated heterocycles. The minimum atomic E-state index is 0.444. The smallest absolute Gasteiger partial charge is 0.259 e. The maximum Gasteiger partial charge on any atom is 0.259 e. The molecule has 4 heterocycles. The van der Waals surface area contributed by atoms with Crippen molar-refractivity contribution in [3.8, 4) is 22.8 Å². The van der Waals surface area contributed by atoms with Gasteiger partial charge in [0.15, 0.2) is 5.65 Å². The van der Waals surface area contributed by atoms with Crippen LogP contribution in [-0.4, -0.2) is 29.7 Å². The second-order valence-corrected chi connectivity index (χ2v) is 4.18. The zero-order valence-electron chi connectivity index (χ0n) is 10.2. The van der Waals surface area contributed by atoms with Gasteiger partial charge in [0.2, 0.25) is 5.82 Å². The van der Waals surface area contributed by atoms with Crippen molar-refractivity contribution in [1.82, 2.24) is 29.7 Å². The van der Waals surface area contributed by atoms with E-state index in [2.05, 4.69) is 25.3 Å². The number of rotatable bonds is 2. The number of aromatic nitrogens is 6. The van der Waals surface area contributed by atoms with Crippen molar-refractivity contribution in [3.63, 3.8) is 0 Å². The molecule has 20 heavy (non-hydrogen) atoms. The summed E-state index contributed by atoms with van der Waals surface area (Å²) >= 11 is 0. The van der Waals surface area contributed by atoms with Crippen LogP contribution in [0.1, 0.15) is 0 Å².